The Morgan fingerprint density at radius 2 is 1.69 bits per heavy atom. The van der Waals surface area contributed by atoms with E-state index in [4.69, 9.17) is 4.74 Å². The van der Waals surface area contributed by atoms with Crippen molar-refractivity contribution in [1.29, 1.82) is 0 Å². The molecule has 0 saturated carbocycles. The molecule has 2 aromatic carbocycles. The molecule has 0 spiro atoms. The molecule has 2 atom stereocenters. The number of benzene rings is 2. The Hall–Kier alpha value is -4.54. The summed E-state index contributed by atoms with van der Waals surface area (Å²) in [4.78, 5) is 42.9. The van der Waals surface area contributed by atoms with Crippen molar-refractivity contribution in [3.05, 3.63) is 88.6 Å². The van der Waals surface area contributed by atoms with Crippen LogP contribution in [-0.4, -0.2) is 52.7 Å². The number of halogens is 4. The fourth-order valence-corrected chi connectivity index (χ4v) is 4.72. The molecule has 1 heterocycles. The van der Waals surface area contributed by atoms with E-state index in [0.717, 1.165) is 13.0 Å². The average Bonchev–Trinajstić information content (AvgIpc) is 2.97. The molecule has 0 bridgehead atoms. The normalized spacial score (nSPS) is 14.2. The summed E-state index contributed by atoms with van der Waals surface area (Å²) in [6.07, 6.45) is -1.83. The molecule has 3 aromatic rings. The highest BCUT2D eigenvalue weighted by Gasteiger charge is 2.35. The van der Waals surface area contributed by atoms with Crippen molar-refractivity contribution in [2.75, 3.05) is 7.11 Å². The van der Waals surface area contributed by atoms with Gasteiger partial charge in [-0.1, -0.05) is 44.2 Å². The molecule has 11 heteroatoms. The zero-order valence-electron chi connectivity index (χ0n) is 25.9. The van der Waals surface area contributed by atoms with Gasteiger partial charge in [-0.15, -0.1) is 0 Å². The van der Waals surface area contributed by atoms with Crippen LogP contribution in [0.25, 0.3) is 16.5 Å². The second kappa shape index (κ2) is 14.0. The van der Waals surface area contributed by atoms with Crippen LogP contribution in [0.2, 0.25) is 0 Å². The summed E-state index contributed by atoms with van der Waals surface area (Å²) in [5.74, 6) is -3.75. The minimum Gasteiger partial charge on any atom is -0.508 e. The van der Waals surface area contributed by atoms with E-state index in [1.807, 2.05) is 0 Å². The molecule has 1 aromatic heterocycles. The maximum absolute atomic E-state index is 14.9. The number of allylic oxidation sites excluding steroid dienone is 4. The van der Waals surface area contributed by atoms with Crippen LogP contribution in [0, 0.1) is 5.92 Å². The van der Waals surface area contributed by atoms with Gasteiger partial charge in [-0.3, -0.25) is 9.59 Å². The van der Waals surface area contributed by atoms with Crippen LogP contribution < -0.4 is 5.32 Å². The van der Waals surface area contributed by atoms with Crippen LogP contribution in [0.4, 0.5) is 17.6 Å². The van der Waals surface area contributed by atoms with E-state index in [9.17, 15) is 37.1 Å². The number of carbonyl (C=O) groups is 3. The summed E-state index contributed by atoms with van der Waals surface area (Å²) in [6, 6.07) is 10.6. The molecule has 2 N–H and O–H groups in total. The van der Waals surface area contributed by atoms with Gasteiger partial charge < -0.3 is 15.2 Å². The zero-order valence-corrected chi connectivity index (χ0v) is 25.9. The first-order valence-electron chi connectivity index (χ1n) is 14.3. The van der Waals surface area contributed by atoms with Gasteiger partial charge in [0.15, 0.2) is 5.78 Å². The van der Waals surface area contributed by atoms with Gasteiger partial charge in [0.05, 0.1) is 18.5 Å². The first-order valence-corrected chi connectivity index (χ1v) is 14.3. The smallest absolute Gasteiger partial charge is 0.394 e. The highest BCUT2D eigenvalue weighted by Crippen LogP contribution is 2.34. The van der Waals surface area contributed by atoms with Gasteiger partial charge in [0, 0.05) is 17.4 Å². The number of pyridine rings is 1. The van der Waals surface area contributed by atoms with E-state index in [2.05, 4.69) is 10.3 Å². The number of alkyl halides is 4. The Labute approximate surface area is 259 Å². The van der Waals surface area contributed by atoms with Crippen molar-refractivity contribution in [3.63, 3.8) is 0 Å². The Bertz CT molecular complexity index is 1640. The van der Waals surface area contributed by atoms with Gasteiger partial charge >= 0.3 is 12.1 Å². The van der Waals surface area contributed by atoms with Crippen LogP contribution in [0.5, 0.6) is 5.75 Å². The zero-order chi connectivity index (χ0) is 33.7. The number of aromatic nitrogens is 1. The van der Waals surface area contributed by atoms with Crippen LogP contribution >= 0.6 is 0 Å². The van der Waals surface area contributed by atoms with Crippen molar-refractivity contribution in [1.82, 2.24) is 10.3 Å². The highest BCUT2D eigenvalue weighted by atomic mass is 19.4. The number of hydrogen-bond acceptors (Lipinski definition) is 6. The number of Topliss-reactive ketones (excluding diaryl/α,β-unsaturated/α-hetero) is 1. The maximum atomic E-state index is 14.9. The van der Waals surface area contributed by atoms with Crippen molar-refractivity contribution >= 4 is 34.1 Å². The third-order valence-corrected chi connectivity index (χ3v) is 7.34. The number of phenolic OH excluding ortho intramolecular Hbond substituents is 1. The summed E-state index contributed by atoms with van der Waals surface area (Å²) in [6.45, 7) is 6.63. The lowest BCUT2D eigenvalue weighted by molar-refractivity contribution is -0.156. The minimum atomic E-state index is -4.54. The number of phenols is 1. The van der Waals surface area contributed by atoms with Crippen LogP contribution in [0.1, 0.15) is 73.0 Å². The first kappa shape index (κ1) is 34.9. The number of aromatic hydroxyl groups is 1. The molecule has 0 radical (unpaired) electrons. The predicted octanol–water partition coefficient (Wildman–Crippen LogP) is 7.32. The van der Waals surface area contributed by atoms with Gasteiger partial charge in [-0.25, -0.2) is 14.2 Å². The molecule has 0 aliphatic heterocycles. The number of ketones is 1. The second-order valence-corrected chi connectivity index (χ2v) is 11.2. The van der Waals surface area contributed by atoms with Gasteiger partial charge in [-0.05, 0) is 79.8 Å². The molecule has 45 heavy (non-hydrogen) atoms. The molecule has 0 aliphatic carbocycles. The number of nitrogens with one attached hydrogen (secondary N) is 1. The van der Waals surface area contributed by atoms with Crippen LogP contribution in [0.3, 0.4) is 0 Å². The lowest BCUT2D eigenvalue weighted by atomic mass is 9.90. The highest BCUT2D eigenvalue weighted by molar-refractivity contribution is 6.09. The molecular formula is C34H36F4N2O5. The van der Waals surface area contributed by atoms with Gasteiger partial charge in [0.25, 0.3) is 5.91 Å². The van der Waals surface area contributed by atoms with Crippen molar-refractivity contribution in [3.8, 4) is 5.75 Å². The van der Waals surface area contributed by atoms with Gasteiger partial charge in [0.2, 0.25) is 0 Å². The SMILES string of the molecule is CC/C(=C\C(=C/C(C)C(F)(F)F)c1ccc2nc(C(=O)NC(Cc3ccc(O)cc3)C(=O)OC)cc(C(C)=O)c2c1)C(C)(C)F. The summed E-state index contributed by atoms with van der Waals surface area (Å²) in [5, 5.41) is 12.4. The molecular weight excluding hydrogens is 592 g/mol. The molecule has 240 valence electrons. The third-order valence-electron chi connectivity index (χ3n) is 7.34. The summed E-state index contributed by atoms with van der Waals surface area (Å²) >= 11 is 0. The minimum absolute atomic E-state index is 0.0308. The van der Waals surface area contributed by atoms with Crippen molar-refractivity contribution in [2.45, 2.75) is 65.3 Å². The summed E-state index contributed by atoms with van der Waals surface area (Å²) in [5.41, 5.74) is -0.336. The van der Waals surface area contributed by atoms with E-state index in [-0.39, 0.29) is 51.9 Å². The van der Waals surface area contributed by atoms with E-state index >= 15 is 0 Å². The molecule has 0 aliphatic rings. The van der Waals surface area contributed by atoms with E-state index < -0.39 is 41.5 Å². The molecule has 1 amide bonds. The van der Waals surface area contributed by atoms with E-state index in [0.29, 0.717) is 11.1 Å². The van der Waals surface area contributed by atoms with Crippen LogP contribution in [0.15, 0.2) is 66.3 Å². The van der Waals surface area contributed by atoms with Crippen LogP contribution in [-0.2, 0) is 16.0 Å². The number of rotatable bonds is 11. The number of carbonyl (C=O) groups excluding carboxylic acids is 3. The molecule has 0 saturated heterocycles. The lowest BCUT2D eigenvalue weighted by Crippen LogP contribution is -2.43. The van der Waals surface area contributed by atoms with E-state index in [1.54, 1.807) is 19.1 Å². The predicted molar refractivity (Wildman–Crippen MR) is 164 cm³/mol. The van der Waals surface area contributed by atoms with Gasteiger partial charge in [-0.2, -0.15) is 13.2 Å². The number of ether oxygens (including phenoxy) is 1. The fraction of sp³-hybridized carbons (Fsp3) is 0.353. The second-order valence-electron chi connectivity index (χ2n) is 11.2. The first-order chi connectivity index (χ1) is 20.9. The Morgan fingerprint density at radius 3 is 2.22 bits per heavy atom. The number of esters is 1. The molecule has 3 rings (SSSR count). The van der Waals surface area contributed by atoms with Crippen molar-refractivity contribution < 1.29 is 41.8 Å². The number of hydrogen-bond donors (Lipinski definition) is 2. The van der Waals surface area contributed by atoms with E-state index in [1.165, 1.54) is 70.4 Å². The summed E-state index contributed by atoms with van der Waals surface area (Å²) < 4.78 is 60.4. The quantitative estimate of drug-likeness (QED) is 0.0998. The van der Waals surface area contributed by atoms with Crippen molar-refractivity contribution in [2.24, 2.45) is 5.92 Å². The standard InChI is InChI=1S/C34H36F4N2O5/c1-7-24(33(4,5)35)16-23(14-19(2)34(36,37)38)22-10-13-28-27(17-22)26(20(3)41)18-29(39-28)31(43)40-30(32(44)45-6)15-21-8-11-25(42)12-9-21/h8-14,16-19,30,42H,7,15H2,1-6H3,(H,40,43)/b23-14+,24-16+. The monoisotopic (exact) mass is 628 g/mol. The Balaban J connectivity index is 2.10. The maximum Gasteiger partial charge on any atom is 0.394 e. The summed E-state index contributed by atoms with van der Waals surface area (Å²) in [7, 11) is 1.17. The Morgan fingerprint density at radius 1 is 1.04 bits per heavy atom. The topological polar surface area (TPSA) is 106 Å². The molecule has 2 unspecified atom stereocenters. The Kier molecular flexibility index (Phi) is 10.9. The molecule has 7 nitrogen and oxygen atoms in total. The number of fused-ring (bicyclic) bond motifs is 1. The fourth-order valence-electron chi connectivity index (χ4n) is 4.72. The van der Waals surface area contributed by atoms with Gasteiger partial charge in [0.1, 0.15) is 23.2 Å². The largest absolute Gasteiger partial charge is 0.508 e. The lowest BCUT2D eigenvalue weighted by Gasteiger charge is -2.20. The number of methoxy groups -OCH3 is 1. The number of nitrogens with zero attached hydrogens (tertiary/aromatic N) is 1. The number of amides is 1. The average molecular weight is 629 g/mol. The third kappa shape index (κ3) is 8.99. The molecule has 0 fully saturated rings.